The molecule has 0 aliphatic heterocycles. The minimum Gasteiger partial charge on any atom is -0.497 e. The Morgan fingerprint density at radius 2 is 1.21 bits per heavy atom. The summed E-state index contributed by atoms with van der Waals surface area (Å²) in [5.41, 5.74) is 6.50. The van der Waals surface area contributed by atoms with E-state index in [1.807, 2.05) is 0 Å². The summed E-state index contributed by atoms with van der Waals surface area (Å²) in [6, 6.07) is 22.2. The van der Waals surface area contributed by atoms with E-state index >= 15 is 0 Å². The van der Waals surface area contributed by atoms with Gasteiger partial charge in [0.1, 0.15) is 5.75 Å². The number of hydrogen-bond donors (Lipinski definition) is 1. The summed E-state index contributed by atoms with van der Waals surface area (Å²) in [4.78, 5) is 3.58. The predicted octanol–water partition coefficient (Wildman–Crippen LogP) is 7.24. The van der Waals surface area contributed by atoms with Crippen molar-refractivity contribution in [2.75, 3.05) is 7.11 Å². The van der Waals surface area contributed by atoms with Crippen molar-refractivity contribution in [2.45, 2.75) is 39.5 Å². The number of nitrogens with one attached hydrogen (secondary N) is 1. The standard InChI is InChI=1S/C26H29NO/c1-16(2)19-8-12-24-22(14-19)23-15-20(9-13-25(23)27-24)26(17(3)4)18-6-10-21(28-5)11-7-18/h6-17,26-27H,1-5H3. The van der Waals surface area contributed by atoms with Crippen molar-refractivity contribution in [3.05, 3.63) is 77.4 Å². The smallest absolute Gasteiger partial charge is 0.118 e. The van der Waals surface area contributed by atoms with Crippen molar-refractivity contribution in [3.8, 4) is 5.75 Å². The molecule has 0 aliphatic rings. The van der Waals surface area contributed by atoms with Crippen LogP contribution < -0.4 is 4.74 Å². The van der Waals surface area contributed by atoms with E-state index < -0.39 is 0 Å². The molecule has 0 saturated carbocycles. The van der Waals surface area contributed by atoms with Gasteiger partial charge in [-0.1, -0.05) is 52.0 Å². The van der Waals surface area contributed by atoms with E-state index in [9.17, 15) is 0 Å². The summed E-state index contributed by atoms with van der Waals surface area (Å²) in [5.74, 6) is 2.29. The molecule has 0 spiro atoms. The van der Waals surface area contributed by atoms with Crippen molar-refractivity contribution in [1.82, 2.24) is 4.98 Å². The van der Waals surface area contributed by atoms with E-state index in [2.05, 4.69) is 93.3 Å². The van der Waals surface area contributed by atoms with Crippen LogP contribution in [0.5, 0.6) is 5.75 Å². The highest BCUT2D eigenvalue weighted by molar-refractivity contribution is 6.07. The molecule has 1 unspecified atom stereocenters. The molecular formula is C26H29NO. The second-order valence-corrected chi connectivity index (χ2v) is 8.38. The molecule has 144 valence electrons. The highest BCUT2D eigenvalue weighted by atomic mass is 16.5. The Hall–Kier alpha value is -2.74. The average Bonchev–Trinajstić information content (AvgIpc) is 3.05. The first kappa shape index (κ1) is 18.6. The fourth-order valence-corrected chi connectivity index (χ4v) is 4.26. The van der Waals surface area contributed by atoms with E-state index in [1.165, 1.54) is 38.5 Å². The average molecular weight is 372 g/mol. The third kappa shape index (κ3) is 3.28. The number of rotatable bonds is 5. The molecule has 2 nitrogen and oxygen atoms in total. The Balaban J connectivity index is 1.85. The van der Waals surface area contributed by atoms with Gasteiger partial charge >= 0.3 is 0 Å². The van der Waals surface area contributed by atoms with Crippen LogP contribution in [0.1, 0.15) is 56.2 Å². The van der Waals surface area contributed by atoms with Crippen LogP contribution in [0.15, 0.2) is 60.7 Å². The largest absolute Gasteiger partial charge is 0.497 e. The van der Waals surface area contributed by atoms with Gasteiger partial charge in [-0.05, 0) is 64.9 Å². The molecule has 0 aliphatic carbocycles. The quantitative estimate of drug-likeness (QED) is 0.393. The van der Waals surface area contributed by atoms with Crippen LogP contribution >= 0.6 is 0 Å². The van der Waals surface area contributed by atoms with Gasteiger partial charge < -0.3 is 9.72 Å². The molecule has 4 rings (SSSR count). The van der Waals surface area contributed by atoms with Crippen molar-refractivity contribution >= 4 is 21.8 Å². The van der Waals surface area contributed by atoms with Crippen molar-refractivity contribution in [1.29, 1.82) is 0 Å². The molecule has 0 fully saturated rings. The van der Waals surface area contributed by atoms with Gasteiger partial charge in [-0.2, -0.15) is 0 Å². The van der Waals surface area contributed by atoms with Crippen LogP contribution in [0.25, 0.3) is 21.8 Å². The Morgan fingerprint density at radius 1 is 0.679 bits per heavy atom. The molecule has 3 aromatic carbocycles. The van der Waals surface area contributed by atoms with E-state index in [4.69, 9.17) is 4.74 Å². The monoisotopic (exact) mass is 371 g/mol. The number of methoxy groups -OCH3 is 1. The van der Waals surface area contributed by atoms with Gasteiger partial charge in [-0.25, -0.2) is 0 Å². The van der Waals surface area contributed by atoms with Gasteiger partial charge in [-0.3, -0.25) is 0 Å². The highest BCUT2D eigenvalue weighted by Gasteiger charge is 2.19. The number of H-pyrrole nitrogens is 1. The third-order valence-corrected chi connectivity index (χ3v) is 5.81. The lowest BCUT2D eigenvalue weighted by Crippen LogP contribution is -2.08. The molecule has 4 aromatic rings. The fraction of sp³-hybridized carbons (Fsp3) is 0.308. The van der Waals surface area contributed by atoms with Crippen LogP contribution in [0.4, 0.5) is 0 Å². The number of aromatic nitrogens is 1. The molecule has 0 bridgehead atoms. The molecule has 0 amide bonds. The van der Waals surface area contributed by atoms with Crippen LogP contribution in [-0.2, 0) is 0 Å². The lowest BCUT2D eigenvalue weighted by Gasteiger charge is -2.22. The van der Waals surface area contributed by atoms with Crippen LogP contribution in [0.3, 0.4) is 0 Å². The zero-order valence-corrected chi connectivity index (χ0v) is 17.4. The van der Waals surface area contributed by atoms with Gasteiger partial charge in [0.15, 0.2) is 0 Å². The minimum atomic E-state index is 0.355. The maximum atomic E-state index is 5.34. The van der Waals surface area contributed by atoms with Gasteiger partial charge in [0, 0.05) is 27.7 Å². The Bertz CT molecular complexity index is 1100. The lowest BCUT2D eigenvalue weighted by atomic mass is 9.82. The summed E-state index contributed by atoms with van der Waals surface area (Å²) < 4.78 is 5.34. The number of ether oxygens (including phenoxy) is 1. The summed E-state index contributed by atoms with van der Waals surface area (Å²) in [6.07, 6.45) is 0. The molecule has 2 heteroatoms. The molecule has 1 atom stereocenters. The third-order valence-electron chi connectivity index (χ3n) is 5.81. The van der Waals surface area contributed by atoms with E-state index in [0.717, 1.165) is 5.75 Å². The SMILES string of the molecule is COc1ccc(C(c2ccc3[nH]c4ccc(C(C)C)cc4c3c2)C(C)C)cc1. The summed E-state index contributed by atoms with van der Waals surface area (Å²) in [7, 11) is 1.71. The molecule has 1 aromatic heterocycles. The fourth-order valence-electron chi connectivity index (χ4n) is 4.26. The van der Waals surface area contributed by atoms with Crippen molar-refractivity contribution in [3.63, 3.8) is 0 Å². The lowest BCUT2D eigenvalue weighted by molar-refractivity contribution is 0.414. The van der Waals surface area contributed by atoms with Gasteiger partial charge in [-0.15, -0.1) is 0 Å². The van der Waals surface area contributed by atoms with Crippen LogP contribution in [-0.4, -0.2) is 12.1 Å². The molecule has 0 saturated heterocycles. The summed E-state index contributed by atoms with van der Waals surface area (Å²) in [5, 5.41) is 2.63. The zero-order chi connectivity index (χ0) is 19.8. The van der Waals surface area contributed by atoms with E-state index in [0.29, 0.717) is 17.8 Å². The summed E-state index contributed by atoms with van der Waals surface area (Å²) >= 11 is 0. The first-order valence-electron chi connectivity index (χ1n) is 10.2. The molecule has 1 heterocycles. The predicted molar refractivity (Wildman–Crippen MR) is 120 cm³/mol. The van der Waals surface area contributed by atoms with Gasteiger partial charge in [0.2, 0.25) is 0 Å². The molecule has 1 N–H and O–H groups in total. The summed E-state index contributed by atoms with van der Waals surface area (Å²) in [6.45, 7) is 9.09. The minimum absolute atomic E-state index is 0.355. The van der Waals surface area contributed by atoms with Crippen molar-refractivity contribution in [2.24, 2.45) is 5.92 Å². The number of aromatic amines is 1. The molecule has 28 heavy (non-hydrogen) atoms. The van der Waals surface area contributed by atoms with Gasteiger partial charge in [0.25, 0.3) is 0 Å². The maximum absolute atomic E-state index is 5.34. The topological polar surface area (TPSA) is 25.0 Å². The number of fused-ring (bicyclic) bond motifs is 3. The van der Waals surface area contributed by atoms with Crippen LogP contribution in [0, 0.1) is 5.92 Å². The Kier molecular flexibility index (Phi) is 4.89. The number of benzene rings is 3. The number of hydrogen-bond acceptors (Lipinski definition) is 1. The molecule has 0 radical (unpaired) electrons. The Morgan fingerprint density at radius 3 is 1.75 bits per heavy atom. The first-order chi connectivity index (χ1) is 13.5. The first-order valence-corrected chi connectivity index (χ1v) is 10.2. The van der Waals surface area contributed by atoms with Gasteiger partial charge in [0.05, 0.1) is 7.11 Å². The second kappa shape index (κ2) is 7.35. The maximum Gasteiger partial charge on any atom is 0.118 e. The highest BCUT2D eigenvalue weighted by Crippen LogP contribution is 2.36. The van der Waals surface area contributed by atoms with Crippen LogP contribution in [0.2, 0.25) is 0 Å². The van der Waals surface area contributed by atoms with Crippen molar-refractivity contribution < 1.29 is 4.74 Å². The second-order valence-electron chi connectivity index (χ2n) is 8.38. The normalized spacial score (nSPS) is 13.0. The molecular weight excluding hydrogens is 342 g/mol. The van der Waals surface area contributed by atoms with E-state index in [1.54, 1.807) is 7.11 Å². The zero-order valence-electron chi connectivity index (χ0n) is 17.4. The van der Waals surface area contributed by atoms with E-state index in [-0.39, 0.29) is 0 Å². The Labute approximate surface area is 167 Å².